The summed E-state index contributed by atoms with van der Waals surface area (Å²) in [5.74, 6) is 3.52. The maximum Gasteiger partial charge on any atom is -0.0180 e. The van der Waals surface area contributed by atoms with Crippen LogP contribution in [-0.2, 0) is 0 Å². The van der Waals surface area contributed by atoms with Crippen molar-refractivity contribution in [3.05, 3.63) is 11.6 Å². The molecule has 0 heterocycles. The van der Waals surface area contributed by atoms with Crippen LogP contribution in [0.5, 0.6) is 0 Å². The fourth-order valence-corrected chi connectivity index (χ4v) is 3.39. The van der Waals surface area contributed by atoms with Crippen molar-refractivity contribution in [3.63, 3.8) is 0 Å². The summed E-state index contributed by atoms with van der Waals surface area (Å²) in [5, 5.41) is 0. The smallest absolute Gasteiger partial charge is 0.0180 e. The zero-order valence-electron chi connectivity index (χ0n) is 19.9. The lowest BCUT2D eigenvalue weighted by Gasteiger charge is -2.33. The second kappa shape index (κ2) is 25.0. The molecular formula is C24H54. The van der Waals surface area contributed by atoms with Crippen molar-refractivity contribution < 1.29 is 0 Å². The van der Waals surface area contributed by atoms with Gasteiger partial charge in [-0.3, -0.25) is 0 Å². The Bertz CT molecular complexity index is 224. The van der Waals surface area contributed by atoms with Crippen LogP contribution in [0.2, 0.25) is 0 Å². The fourth-order valence-electron chi connectivity index (χ4n) is 3.39. The van der Waals surface area contributed by atoms with E-state index in [4.69, 9.17) is 0 Å². The minimum Gasteiger partial charge on any atom is -0.0882 e. The summed E-state index contributed by atoms with van der Waals surface area (Å²) in [6.45, 7) is 27.8. The highest BCUT2D eigenvalue weighted by molar-refractivity contribution is 5.09. The molecule has 3 atom stereocenters. The van der Waals surface area contributed by atoms with E-state index in [0.29, 0.717) is 0 Å². The average Bonchev–Trinajstić information content (AvgIpc) is 2.64. The first kappa shape index (κ1) is 31.5. The van der Waals surface area contributed by atoms with E-state index in [1.807, 2.05) is 55.4 Å². The molecule has 0 spiro atoms. The Morgan fingerprint density at radius 3 is 1.71 bits per heavy atom. The molecule has 1 aliphatic carbocycles. The number of rotatable bonds is 2. The van der Waals surface area contributed by atoms with Crippen LogP contribution in [0.4, 0.5) is 0 Å². The van der Waals surface area contributed by atoms with E-state index in [1.54, 1.807) is 5.57 Å². The fraction of sp³-hybridized carbons (Fsp3) is 0.917. The molecule has 0 nitrogen and oxygen atoms in total. The van der Waals surface area contributed by atoms with E-state index in [9.17, 15) is 0 Å². The van der Waals surface area contributed by atoms with Crippen molar-refractivity contribution in [1.29, 1.82) is 0 Å². The lowest BCUT2D eigenvalue weighted by molar-refractivity contribution is 0.262. The molecule has 24 heavy (non-hydrogen) atoms. The van der Waals surface area contributed by atoms with Gasteiger partial charge < -0.3 is 0 Å². The Balaban J connectivity index is -0.000000218. The van der Waals surface area contributed by atoms with Gasteiger partial charge in [0.2, 0.25) is 0 Å². The predicted molar refractivity (Wildman–Crippen MR) is 119 cm³/mol. The van der Waals surface area contributed by atoms with Crippen molar-refractivity contribution in [2.75, 3.05) is 0 Å². The quantitative estimate of drug-likeness (QED) is 0.438. The van der Waals surface area contributed by atoms with Crippen LogP contribution >= 0.6 is 0 Å². The molecule has 0 bridgehead atoms. The van der Waals surface area contributed by atoms with Gasteiger partial charge in [0.25, 0.3) is 0 Å². The van der Waals surface area contributed by atoms with Gasteiger partial charge in [0.15, 0.2) is 0 Å². The van der Waals surface area contributed by atoms with Crippen molar-refractivity contribution >= 4 is 0 Å². The molecule has 0 aliphatic heterocycles. The minimum atomic E-state index is 0.848. The Labute approximate surface area is 157 Å². The normalized spacial score (nSPS) is 24.4. The molecule has 0 N–H and O–H groups in total. The van der Waals surface area contributed by atoms with Crippen LogP contribution in [0.1, 0.15) is 122 Å². The largest absolute Gasteiger partial charge is 0.0882 e. The van der Waals surface area contributed by atoms with E-state index >= 15 is 0 Å². The topological polar surface area (TPSA) is 0 Å². The first-order chi connectivity index (χ1) is 11.6. The Morgan fingerprint density at radius 2 is 1.38 bits per heavy atom. The van der Waals surface area contributed by atoms with E-state index in [1.165, 1.54) is 32.1 Å². The maximum absolute atomic E-state index is 2.45. The Kier molecular flexibility index (Phi) is 32.8. The zero-order chi connectivity index (χ0) is 20.1. The monoisotopic (exact) mass is 342 g/mol. The van der Waals surface area contributed by atoms with Gasteiger partial charge in [-0.1, -0.05) is 108 Å². The van der Waals surface area contributed by atoms with E-state index in [-0.39, 0.29) is 0 Å². The molecule has 150 valence electrons. The van der Waals surface area contributed by atoms with Crippen molar-refractivity contribution in [2.45, 2.75) is 122 Å². The van der Waals surface area contributed by atoms with Crippen LogP contribution in [0.25, 0.3) is 0 Å². The molecule has 0 amide bonds. The van der Waals surface area contributed by atoms with E-state index < -0.39 is 0 Å². The molecule has 0 heteroatoms. The van der Waals surface area contributed by atoms with Crippen molar-refractivity contribution in [1.82, 2.24) is 0 Å². The molecule has 0 saturated heterocycles. The van der Waals surface area contributed by atoms with Crippen LogP contribution in [0, 0.1) is 23.7 Å². The van der Waals surface area contributed by atoms with Crippen LogP contribution in [-0.4, -0.2) is 0 Å². The van der Waals surface area contributed by atoms with Gasteiger partial charge in [0.05, 0.1) is 0 Å². The van der Waals surface area contributed by atoms with Gasteiger partial charge in [-0.2, -0.15) is 0 Å². The summed E-state index contributed by atoms with van der Waals surface area (Å²) in [7, 11) is 0. The Morgan fingerprint density at radius 1 is 0.917 bits per heavy atom. The Hall–Kier alpha value is -0.260. The third-order valence-electron chi connectivity index (χ3n) is 4.65. The van der Waals surface area contributed by atoms with E-state index in [0.717, 1.165) is 23.7 Å². The maximum atomic E-state index is 2.45. The highest BCUT2D eigenvalue weighted by Gasteiger charge is 2.26. The lowest BCUT2D eigenvalue weighted by Crippen LogP contribution is -2.21. The second-order valence-electron chi connectivity index (χ2n) is 5.99. The standard InChI is InChI=1S/C16H30.4C2H6/c1-6-14-11-15(12(3)4)10-8-9-13(5)16(14)7-2;4*1-2/h6,12-13,15-16H,7-11H2,1-5H3;4*1-2H3/b14-6-;;;;. The molecule has 1 saturated carbocycles. The molecule has 0 aromatic carbocycles. The van der Waals surface area contributed by atoms with Crippen molar-refractivity contribution in [2.24, 2.45) is 23.7 Å². The van der Waals surface area contributed by atoms with Gasteiger partial charge in [-0.15, -0.1) is 0 Å². The van der Waals surface area contributed by atoms with Gasteiger partial charge in [-0.05, 0) is 49.9 Å². The summed E-state index contributed by atoms with van der Waals surface area (Å²) >= 11 is 0. The van der Waals surface area contributed by atoms with Gasteiger partial charge in [0, 0.05) is 0 Å². The lowest BCUT2D eigenvalue weighted by atomic mass is 9.72. The predicted octanol–water partition coefficient (Wildman–Crippen LogP) is 9.55. The first-order valence-electron chi connectivity index (χ1n) is 11.2. The van der Waals surface area contributed by atoms with Gasteiger partial charge in [0.1, 0.15) is 0 Å². The summed E-state index contributed by atoms with van der Waals surface area (Å²) in [5.41, 5.74) is 1.74. The van der Waals surface area contributed by atoms with Gasteiger partial charge in [-0.25, -0.2) is 0 Å². The van der Waals surface area contributed by atoms with Crippen molar-refractivity contribution in [3.8, 4) is 0 Å². The zero-order valence-corrected chi connectivity index (χ0v) is 19.9. The van der Waals surface area contributed by atoms with Crippen LogP contribution in [0.3, 0.4) is 0 Å². The molecule has 0 radical (unpaired) electrons. The summed E-state index contributed by atoms with van der Waals surface area (Å²) < 4.78 is 0. The molecule has 0 aromatic heterocycles. The SMILES string of the molecule is C/C=C1/CC(C(C)C)CCCC(C)C1CC.CC.CC.CC.CC. The number of allylic oxidation sites excluding steroid dienone is 2. The molecule has 1 fully saturated rings. The highest BCUT2D eigenvalue weighted by Crippen LogP contribution is 2.38. The van der Waals surface area contributed by atoms with E-state index in [2.05, 4.69) is 40.7 Å². The molecule has 1 rings (SSSR count). The third kappa shape index (κ3) is 14.1. The average molecular weight is 343 g/mol. The van der Waals surface area contributed by atoms with Gasteiger partial charge >= 0.3 is 0 Å². The molecule has 1 aliphatic rings. The van der Waals surface area contributed by atoms with Crippen LogP contribution < -0.4 is 0 Å². The number of hydrogen-bond acceptors (Lipinski definition) is 0. The number of hydrogen-bond donors (Lipinski definition) is 0. The summed E-state index contributed by atoms with van der Waals surface area (Å²) in [6, 6.07) is 0. The molecular weight excluding hydrogens is 288 g/mol. The summed E-state index contributed by atoms with van der Waals surface area (Å²) in [4.78, 5) is 0. The van der Waals surface area contributed by atoms with Crippen LogP contribution in [0.15, 0.2) is 11.6 Å². The summed E-state index contributed by atoms with van der Waals surface area (Å²) in [6.07, 6.45) is 9.40. The highest BCUT2D eigenvalue weighted by atomic mass is 14.3. The molecule has 3 unspecified atom stereocenters. The minimum absolute atomic E-state index is 0.848. The first-order valence-corrected chi connectivity index (χ1v) is 11.2. The second-order valence-corrected chi connectivity index (χ2v) is 5.99. The molecule has 0 aromatic rings. The third-order valence-corrected chi connectivity index (χ3v) is 4.65.